The smallest absolute Gasteiger partial charge is 0.00390 e. The Morgan fingerprint density at radius 1 is 1.17 bits per heavy atom. The quantitative estimate of drug-likeness (QED) is 0.780. The molecule has 0 aromatic carbocycles. The summed E-state index contributed by atoms with van der Waals surface area (Å²) in [5.41, 5.74) is 0.640. The number of hydrogen-bond acceptors (Lipinski definition) is 2. The molecule has 0 spiro atoms. The number of hydrogen-bond donors (Lipinski definition) is 1. The van der Waals surface area contributed by atoms with Crippen molar-refractivity contribution in [3.63, 3.8) is 0 Å². The van der Waals surface area contributed by atoms with Crippen molar-refractivity contribution in [3.05, 3.63) is 0 Å². The minimum Gasteiger partial charge on any atom is -0.317 e. The van der Waals surface area contributed by atoms with Crippen molar-refractivity contribution in [1.82, 2.24) is 10.2 Å². The van der Waals surface area contributed by atoms with E-state index in [0.717, 1.165) is 5.92 Å². The first kappa shape index (κ1) is 14.3. The lowest BCUT2D eigenvalue weighted by Gasteiger charge is -2.40. The standard InChI is InChI=1S/C16H32N2/c1-3-5-15-6-12-18(13-15)14-16(7-4-2)8-10-17-11-9-16/h15,17H,3-14H2,1-2H3. The van der Waals surface area contributed by atoms with Crippen molar-refractivity contribution in [2.75, 3.05) is 32.7 Å². The number of piperidine rings is 1. The molecule has 1 N–H and O–H groups in total. The largest absolute Gasteiger partial charge is 0.317 e. The molecular weight excluding hydrogens is 220 g/mol. The molecule has 0 bridgehead atoms. The Labute approximate surface area is 114 Å². The summed E-state index contributed by atoms with van der Waals surface area (Å²) in [6.07, 6.45) is 9.84. The molecule has 2 aliphatic rings. The van der Waals surface area contributed by atoms with E-state index in [1.54, 1.807) is 0 Å². The zero-order chi connectivity index (χ0) is 12.8. The summed E-state index contributed by atoms with van der Waals surface area (Å²) in [5, 5.41) is 3.53. The van der Waals surface area contributed by atoms with Gasteiger partial charge >= 0.3 is 0 Å². The van der Waals surface area contributed by atoms with Crippen molar-refractivity contribution < 1.29 is 0 Å². The molecule has 2 heteroatoms. The SMILES string of the molecule is CCCC1CCN(CC2(CCC)CCNCC2)C1. The highest BCUT2D eigenvalue weighted by molar-refractivity contribution is 4.89. The van der Waals surface area contributed by atoms with E-state index in [2.05, 4.69) is 24.1 Å². The highest BCUT2D eigenvalue weighted by atomic mass is 15.2. The summed E-state index contributed by atoms with van der Waals surface area (Å²) in [6, 6.07) is 0. The van der Waals surface area contributed by atoms with Gasteiger partial charge in [-0.05, 0) is 63.1 Å². The molecule has 0 amide bonds. The fourth-order valence-electron chi connectivity index (χ4n) is 4.15. The number of likely N-dealkylation sites (tertiary alicyclic amines) is 1. The van der Waals surface area contributed by atoms with Crippen LogP contribution in [0.5, 0.6) is 0 Å². The van der Waals surface area contributed by atoms with Crippen LogP contribution in [-0.2, 0) is 0 Å². The maximum absolute atomic E-state index is 3.53. The van der Waals surface area contributed by atoms with Crippen LogP contribution in [0.2, 0.25) is 0 Å². The van der Waals surface area contributed by atoms with Crippen LogP contribution in [0.3, 0.4) is 0 Å². The molecule has 106 valence electrons. The fourth-order valence-corrected chi connectivity index (χ4v) is 4.15. The van der Waals surface area contributed by atoms with E-state index in [9.17, 15) is 0 Å². The van der Waals surface area contributed by atoms with E-state index < -0.39 is 0 Å². The minimum atomic E-state index is 0.640. The maximum Gasteiger partial charge on any atom is 0.00390 e. The summed E-state index contributed by atoms with van der Waals surface area (Å²) in [4.78, 5) is 2.78. The van der Waals surface area contributed by atoms with E-state index >= 15 is 0 Å². The second-order valence-electron chi connectivity index (χ2n) is 6.68. The van der Waals surface area contributed by atoms with E-state index in [0.29, 0.717) is 5.41 Å². The lowest BCUT2D eigenvalue weighted by Crippen LogP contribution is -2.44. The fraction of sp³-hybridized carbons (Fsp3) is 1.00. The highest BCUT2D eigenvalue weighted by Crippen LogP contribution is 2.36. The Kier molecular flexibility index (Phi) is 5.50. The normalized spacial score (nSPS) is 28.7. The molecule has 1 unspecified atom stereocenters. The zero-order valence-electron chi connectivity index (χ0n) is 12.5. The van der Waals surface area contributed by atoms with Crippen LogP contribution < -0.4 is 5.32 Å². The van der Waals surface area contributed by atoms with Crippen molar-refractivity contribution in [1.29, 1.82) is 0 Å². The molecule has 2 fully saturated rings. The van der Waals surface area contributed by atoms with E-state index in [1.807, 2.05) is 0 Å². The van der Waals surface area contributed by atoms with E-state index in [1.165, 1.54) is 77.7 Å². The molecule has 2 nitrogen and oxygen atoms in total. The average molecular weight is 252 g/mol. The first-order valence-electron chi connectivity index (χ1n) is 8.21. The van der Waals surface area contributed by atoms with Gasteiger partial charge in [0.05, 0.1) is 0 Å². The molecule has 2 heterocycles. The van der Waals surface area contributed by atoms with Crippen molar-refractivity contribution in [3.8, 4) is 0 Å². The van der Waals surface area contributed by atoms with Crippen LogP contribution in [0.1, 0.15) is 58.8 Å². The van der Waals surface area contributed by atoms with Crippen LogP contribution in [0.15, 0.2) is 0 Å². The van der Waals surface area contributed by atoms with Crippen LogP contribution in [0.25, 0.3) is 0 Å². The van der Waals surface area contributed by atoms with Gasteiger partial charge in [0.15, 0.2) is 0 Å². The van der Waals surface area contributed by atoms with Gasteiger partial charge in [-0.2, -0.15) is 0 Å². The summed E-state index contributed by atoms with van der Waals surface area (Å²) >= 11 is 0. The van der Waals surface area contributed by atoms with E-state index in [-0.39, 0.29) is 0 Å². The van der Waals surface area contributed by atoms with Crippen molar-refractivity contribution in [2.24, 2.45) is 11.3 Å². The number of rotatable bonds is 6. The van der Waals surface area contributed by atoms with Gasteiger partial charge in [0.1, 0.15) is 0 Å². The van der Waals surface area contributed by atoms with E-state index in [4.69, 9.17) is 0 Å². The monoisotopic (exact) mass is 252 g/mol. The Morgan fingerprint density at radius 2 is 1.94 bits per heavy atom. The molecule has 2 rings (SSSR count). The van der Waals surface area contributed by atoms with Gasteiger partial charge in [-0.25, -0.2) is 0 Å². The molecule has 0 saturated carbocycles. The third-order valence-corrected chi connectivity index (χ3v) is 5.07. The first-order valence-corrected chi connectivity index (χ1v) is 8.21. The van der Waals surface area contributed by atoms with Crippen molar-refractivity contribution >= 4 is 0 Å². The Balaban J connectivity index is 1.85. The van der Waals surface area contributed by atoms with Crippen LogP contribution in [-0.4, -0.2) is 37.6 Å². The molecule has 0 aromatic heterocycles. The molecule has 18 heavy (non-hydrogen) atoms. The topological polar surface area (TPSA) is 15.3 Å². The zero-order valence-corrected chi connectivity index (χ0v) is 12.5. The van der Waals surface area contributed by atoms with Gasteiger partial charge < -0.3 is 10.2 Å². The van der Waals surface area contributed by atoms with Gasteiger partial charge in [-0.15, -0.1) is 0 Å². The van der Waals surface area contributed by atoms with Gasteiger partial charge in [-0.3, -0.25) is 0 Å². The lowest BCUT2D eigenvalue weighted by molar-refractivity contribution is 0.113. The van der Waals surface area contributed by atoms with Gasteiger partial charge in [0.25, 0.3) is 0 Å². The van der Waals surface area contributed by atoms with Crippen LogP contribution in [0, 0.1) is 11.3 Å². The van der Waals surface area contributed by atoms with Crippen LogP contribution in [0.4, 0.5) is 0 Å². The summed E-state index contributed by atoms with van der Waals surface area (Å²) in [6.45, 7) is 11.3. The molecule has 0 radical (unpaired) electrons. The third-order valence-electron chi connectivity index (χ3n) is 5.07. The van der Waals surface area contributed by atoms with Crippen LogP contribution >= 0.6 is 0 Å². The number of nitrogens with one attached hydrogen (secondary N) is 1. The first-order chi connectivity index (χ1) is 8.78. The predicted octanol–water partition coefficient (Wildman–Crippen LogP) is 3.28. The number of nitrogens with zero attached hydrogens (tertiary/aromatic N) is 1. The Bertz CT molecular complexity index is 228. The minimum absolute atomic E-state index is 0.640. The summed E-state index contributed by atoms with van der Waals surface area (Å²) in [7, 11) is 0. The van der Waals surface area contributed by atoms with Crippen molar-refractivity contribution in [2.45, 2.75) is 58.8 Å². The molecule has 2 aliphatic heterocycles. The maximum atomic E-state index is 3.53. The molecular formula is C16H32N2. The predicted molar refractivity (Wildman–Crippen MR) is 78.9 cm³/mol. The van der Waals surface area contributed by atoms with Gasteiger partial charge in [-0.1, -0.05) is 26.7 Å². The molecule has 1 atom stereocenters. The average Bonchev–Trinajstić information content (AvgIpc) is 2.78. The Morgan fingerprint density at radius 3 is 2.61 bits per heavy atom. The molecule has 0 aliphatic carbocycles. The summed E-state index contributed by atoms with van der Waals surface area (Å²) < 4.78 is 0. The molecule has 2 saturated heterocycles. The second kappa shape index (κ2) is 6.91. The highest BCUT2D eigenvalue weighted by Gasteiger charge is 2.34. The third kappa shape index (κ3) is 3.71. The van der Waals surface area contributed by atoms with Gasteiger partial charge in [0.2, 0.25) is 0 Å². The summed E-state index contributed by atoms with van der Waals surface area (Å²) in [5.74, 6) is 0.996. The Hall–Kier alpha value is -0.0800. The second-order valence-corrected chi connectivity index (χ2v) is 6.68. The molecule has 0 aromatic rings. The van der Waals surface area contributed by atoms with Gasteiger partial charge in [0, 0.05) is 13.1 Å². The lowest BCUT2D eigenvalue weighted by atomic mass is 9.75.